The predicted molar refractivity (Wildman–Crippen MR) is 68.1 cm³/mol. The minimum Gasteiger partial charge on any atom is -0.462 e. The Kier molecular flexibility index (Phi) is 2.96. The smallest absolute Gasteiger partial charge is 0.340 e. The number of benzene rings is 1. The van der Waals surface area contributed by atoms with Crippen molar-refractivity contribution in [2.45, 2.75) is 32.2 Å². The number of nitrogens with one attached hydrogen (secondary N) is 1. The molecule has 92 valence electrons. The molecule has 4 heteroatoms. The van der Waals surface area contributed by atoms with Gasteiger partial charge in [0.25, 0.3) is 0 Å². The summed E-state index contributed by atoms with van der Waals surface area (Å²) in [5, 5.41) is 3.39. The Morgan fingerprint density at radius 1 is 1.53 bits per heavy atom. The van der Waals surface area contributed by atoms with Crippen LogP contribution >= 0.6 is 0 Å². The number of rotatable bonds is 4. The third-order valence-electron chi connectivity index (χ3n) is 2.99. The van der Waals surface area contributed by atoms with E-state index >= 15 is 0 Å². The Morgan fingerprint density at radius 2 is 2.24 bits per heavy atom. The zero-order valence-electron chi connectivity index (χ0n) is 10.2. The summed E-state index contributed by atoms with van der Waals surface area (Å²) in [6.07, 6.45) is 2.32. The lowest BCUT2D eigenvalue weighted by atomic mass is 10.1. The van der Waals surface area contributed by atoms with Crippen LogP contribution in [0, 0.1) is 0 Å². The van der Waals surface area contributed by atoms with Crippen LogP contribution in [0.3, 0.4) is 0 Å². The Balaban J connectivity index is 2.19. The van der Waals surface area contributed by atoms with Crippen molar-refractivity contribution in [3.05, 3.63) is 23.8 Å². The molecule has 1 aromatic carbocycles. The van der Waals surface area contributed by atoms with Crippen LogP contribution in [0.15, 0.2) is 18.2 Å². The van der Waals surface area contributed by atoms with Crippen molar-refractivity contribution in [2.24, 2.45) is 0 Å². The van der Waals surface area contributed by atoms with Gasteiger partial charge in [0, 0.05) is 16.9 Å². The average Bonchev–Trinajstić information content (AvgIpc) is 2.99. The first-order chi connectivity index (χ1) is 8.04. The highest BCUT2D eigenvalue weighted by Crippen LogP contribution is 2.38. The van der Waals surface area contributed by atoms with Crippen LogP contribution in [-0.2, 0) is 4.74 Å². The molecule has 0 atom stereocenters. The second-order valence-corrected chi connectivity index (χ2v) is 4.71. The van der Waals surface area contributed by atoms with Gasteiger partial charge in [0.2, 0.25) is 0 Å². The van der Waals surface area contributed by atoms with Crippen LogP contribution in [0.2, 0.25) is 0 Å². The molecule has 0 aromatic heterocycles. The summed E-state index contributed by atoms with van der Waals surface area (Å²) in [4.78, 5) is 11.7. The molecule has 0 heterocycles. The van der Waals surface area contributed by atoms with E-state index in [-0.39, 0.29) is 11.5 Å². The SMILES string of the molecule is CCOC(=O)c1cc(NC2(C)CC2)ccc1N. The molecule has 1 fully saturated rings. The normalized spacial score (nSPS) is 16.4. The van der Waals surface area contributed by atoms with E-state index in [1.807, 2.05) is 6.07 Å². The maximum atomic E-state index is 11.7. The molecule has 0 spiro atoms. The lowest BCUT2D eigenvalue weighted by molar-refractivity contribution is 0.0527. The molecule has 0 saturated heterocycles. The Hall–Kier alpha value is -1.71. The largest absolute Gasteiger partial charge is 0.462 e. The number of esters is 1. The van der Waals surface area contributed by atoms with E-state index in [4.69, 9.17) is 10.5 Å². The van der Waals surface area contributed by atoms with Gasteiger partial charge in [-0.2, -0.15) is 0 Å². The molecule has 0 amide bonds. The Morgan fingerprint density at radius 3 is 2.82 bits per heavy atom. The third-order valence-corrected chi connectivity index (χ3v) is 2.99. The Bertz CT molecular complexity index is 439. The first kappa shape index (κ1) is 11.8. The molecule has 0 aliphatic heterocycles. The van der Waals surface area contributed by atoms with Gasteiger partial charge in [0.1, 0.15) is 0 Å². The zero-order chi connectivity index (χ0) is 12.5. The standard InChI is InChI=1S/C13H18N2O2/c1-3-17-12(16)10-8-9(4-5-11(10)14)15-13(2)6-7-13/h4-5,8,15H,3,6-7,14H2,1-2H3. The van der Waals surface area contributed by atoms with Crippen molar-refractivity contribution in [3.63, 3.8) is 0 Å². The van der Waals surface area contributed by atoms with E-state index in [2.05, 4.69) is 12.2 Å². The van der Waals surface area contributed by atoms with Gasteiger partial charge >= 0.3 is 5.97 Å². The van der Waals surface area contributed by atoms with Crippen LogP contribution < -0.4 is 11.1 Å². The summed E-state index contributed by atoms with van der Waals surface area (Å²) in [6, 6.07) is 5.39. The minimum absolute atomic E-state index is 0.183. The number of anilines is 2. The molecule has 1 saturated carbocycles. The van der Waals surface area contributed by atoms with Crippen LogP contribution in [0.4, 0.5) is 11.4 Å². The lowest BCUT2D eigenvalue weighted by Gasteiger charge is -2.14. The topological polar surface area (TPSA) is 64.3 Å². The van der Waals surface area contributed by atoms with E-state index in [0.29, 0.717) is 17.9 Å². The van der Waals surface area contributed by atoms with Gasteiger partial charge in [-0.05, 0) is 44.9 Å². The number of hydrogen-bond donors (Lipinski definition) is 2. The monoisotopic (exact) mass is 234 g/mol. The molecule has 1 aliphatic rings. The maximum Gasteiger partial charge on any atom is 0.340 e. The second kappa shape index (κ2) is 4.28. The van der Waals surface area contributed by atoms with Crippen LogP contribution in [-0.4, -0.2) is 18.1 Å². The molecule has 4 nitrogen and oxygen atoms in total. The first-order valence-corrected chi connectivity index (χ1v) is 5.89. The number of nitrogen functional groups attached to an aromatic ring is 1. The fraction of sp³-hybridized carbons (Fsp3) is 0.462. The molecule has 1 aliphatic carbocycles. The van der Waals surface area contributed by atoms with Crippen molar-refractivity contribution in [1.29, 1.82) is 0 Å². The van der Waals surface area contributed by atoms with Gasteiger partial charge in [-0.25, -0.2) is 4.79 Å². The van der Waals surface area contributed by atoms with Crippen LogP contribution in [0.25, 0.3) is 0 Å². The van der Waals surface area contributed by atoms with Crippen molar-refractivity contribution in [3.8, 4) is 0 Å². The van der Waals surface area contributed by atoms with Gasteiger partial charge < -0.3 is 15.8 Å². The number of carbonyl (C=O) groups is 1. The summed E-state index contributed by atoms with van der Waals surface area (Å²) < 4.78 is 4.96. The minimum atomic E-state index is -0.366. The van der Waals surface area contributed by atoms with Gasteiger partial charge in [-0.1, -0.05) is 0 Å². The molecule has 0 unspecified atom stereocenters. The highest BCUT2D eigenvalue weighted by Gasteiger charge is 2.37. The highest BCUT2D eigenvalue weighted by atomic mass is 16.5. The van der Waals surface area contributed by atoms with Crippen molar-refractivity contribution in [1.82, 2.24) is 0 Å². The molecule has 2 rings (SSSR count). The molecular formula is C13H18N2O2. The molecule has 3 N–H and O–H groups in total. The fourth-order valence-electron chi connectivity index (χ4n) is 1.68. The number of hydrogen-bond acceptors (Lipinski definition) is 4. The molecule has 17 heavy (non-hydrogen) atoms. The third kappa shape index (κ3) is 2.70. The molecular weight excluding hydrogens is 216 g/mol. The number of ether oxygens (including phenoxy) is 1. The lowest BCUT2D eigenvalue weighted by Crippen LogP contribution is -2.17. The van der Waals surface area contributed by atoms with E-state index < -0.39 is 0 Å². The van der Waals surface area contributed by atoms with Crippen molar-refractivity contribution < 1.29 is 9.53 Å². The average molecular weight is 234 g/mol. The molecule has 1 aromatic rings. The quantitative estimate of drug-likeness (QED) is 0.620. The summed E-state index contributed by atoms with van der Waals surface area (Å²) in [5.74, 6) is -0.366. The zero-order valence-corrected chi connectivity index (χ0v) is 10.2. The number of nitrogens with two attached hydrogens (primary N) is 1. The molecule has 0 radical (unpaired) electrons. The van der Waals surface area contributed by atoms with Gasteiger partial charge in [-0.3, -0.25) is 0 Å². The van der Waals surface area contributed by atoms with Gasteiger partial charge in [0.15, 0.2) is 0 Å². The summed E-state index contributed by atoms with van der Waals surface area (Å²) >= 11 is 0. The predicted octanol–water partition coefficient (Wildman–Crippen LogP) is 2.41. The van der Waals surface area contributed by atoms with Crippen molar-refractivity contribution in [2.75, 3.05) is 17.7 Å². The fourth-order valence-corrected chi connectivity index (χ4v) is 1.68. The van der Waals surface area contributed by atoms with E-state index in [0.717, 1.165) is 18.5 Å². The summed E-state index contributed by atoms with van der Waals surface area (Å²) in [5.41, 5.74) is 7.76. The maximum absolute atomic E-state index is 11.7. The van der Waals surface area contributed by atoms with E-state index in [9.17, 15) is 4.79 Å². The summed E-state index contributed by atoms with van der Waals surface area (Å²) in [7, 11) is 0. The van der Waals surface area contributed by atoms with Gasteiger partial charge in [-0.15, -0.1) is 0 Å². The first-order valence-electron chi connectivity index (χ1n) is 5.89. The van der Waals surface area contributed by atoms with Crippen LogP contribution in [0.1, 0.15) is 37.0 Å². The highest BCUT2D eigenvalue weighted by molar-refractivity contribution is 5.96. The van der Waals surface area contributed by atoms with Crippen molar-refractivity contribution >= 4 is 17.3 Å². The Labute approximate surface area is 101 Å². The van der Waals surface area contributed by atoms with Gasteiger partial charge in [0.05, 0.1) is 12.2 Å². The molecule has 0 bridgehead atoms. The second-order valence-electron chi connectivity index (χ2n) is 4.71. The summed E-state index contributed by atoms with van der Waals surface area (Å²) in [6.45, 7) is 4.29. The van der Waals surface area contributed by atoms with E-state index in [1.54, 1.807) is 19.1 Å². The van der Waals surface area contributed by atoms with Crippen LogP contribution in [0.5, 0.6) is 0 Å². The van der Waals surface area contributed by atoms with E-state index in [1.165, 1.54) is 0 Å². The number of carbonyl (C=O) groups excluding carboxylic acids is 1.